The number of carbonyl (C=O) groups is 1. The van der Waals surface area contributed by atoms with E-state index in [1.54, 1.807) is 13.3 Å². The van der Waals surface area contributed by atoms with Gasteiger partial charge >= 0.3 is 23.1 Å². The van der Waals surface area contributed by atoms with Crippen LogP contribution in [0.3, 0.4) is 0 Å². The zero-order chi connectivity index (χ0) is 28.7. The Morgan fingerprint density at radius 1 is 1.05 bits per heavy atom. The van der Waals surface area contributed by atoms with E-state index in [4.69, 9.17) is 28.2 Å². The summed E-state index contributed by atoms with van der Waals surface area (Å²) in [6, 6.07) is 0. The fraction of sp³-hybridized carbons (Fsp3) is 0.769. The number of hydrogen-bond donors (Lipinski definition) is 1. The number of imidazole rings is 1. The molecular weight excluding hydrogens is 534 g/mol. The lowest BCUT2D eigenvalue weighted by Gasteiger charge is -2.51. The van der Waals surface area contributed by atoms with Gasteiger partial charge in [-0.05, 0) is 29.1 Å². The third kappa shape index (κ3) is 5.29. The molecule has 11 nitrogen and oxygen atoms in total. The molecule has 4 atom stereocenters. The number of aromatic nitrogens is 4. The van der Waals surface area contributed by atoms with Gasteiger partial charge in [0.2, 0.25) is 0 Å². The molecule has 0 aliphatic carbocycles. The van der Waals surface area contributed by atoms with Crippen LogP contribution in [-0.2, 0) is 27.2 Å². The number of fused-ring (bicyclic) bond motifs is 2. The summed E-state index contributed by atoms with van der Waals surface area (Å²) >= 11 is 0. The fourth-order valence-corrected chi connectivity index (χ4v) is 17.4. The predicted molar refractivity (Wildman–Crippen MR) is 152 cm³/mol. The first-order chi connectivity index (χ1) is 18.4. The van der Waals surface area contributed by atoms with Gasteiger partial charge in [-0.3, -0.25) is 9.36 Å². The standard InChI is InChI=1S/C26H45N5O6Si2/c1-10-33-21(32)11-19-23-20(35-26(19)31-14-30-22-24(27)28-13-29-25(22)31)12-34-38(15(2)3,16(4)5)37-39(36-23,17(6)7)18(8)9/h13-20,23,26H,10-12H2,1-9H3,(H2,27,28,29)/t19-,20+,23-,26+/m0/s1. The quantitative estimate of drug-likeness (QED) is 0.342. The number of ether oxygens (including phenoxy) is 2. The highest BCUT2D eigenvalue weighted by Gasteiger charge is 2.62. The fourth-order valence-electron chi connectivity index (χ4n) is 6.19. The van der Waals surface area contributed by atoms with Crippen LogP contribution in [0.1, 0.15) is 75.0 Å². The number of nitrogen functional groups attached to an aromatic ring is 1. The number of nitrogens with zero attached hydrogens (tertiary/aromatic N) is 4. The van der Waals surface area contributed by atoms with Gasteiger partial charge in [0.05, 0.1) is 32.1 Å². The summed E-state index contributed by atoms with van der Waals surface area (Å²) in [5, 5.41) is 0. The molecule has 2 aromatic rings. The van der Waals surface area contributed by atoms with Gasteiger partial charge in [0.15, 0.2) is 11.5 Å². The van der Waals surface area contributed by atoms with Gasteiger partial charge in [0.25, 0.3) is 0 Å². The van der Waals surface area contributed by atoms with Crippen molar-refractivity contribution in [2.24, 2.45) is 5.92 Å². The topological polar surface area (TPSA) is 133 Å². The van der Waals surface area contributed by atoms with E-state index in [9.17, 15) is 4.79 Å². The van der Waals surface area contributed by atoms with Crippen LogP contribution >= 0.6 is 0 Å². The summed E-state index contributed by atoms with van der Waals surface area (Å²) in [4.78, 5) is 25.9. The average Bonchev–Trinajstić information content (AvgIpc) is 3.41. The number of nitrogens with two attached hydrogens (primary N) is 1. The third-order valence-corrected chi connectivity index (χ3v) is 18.4. The molecule has 2 aliphatic rings. The molecule has 4 rings (SSSR count). The van der Waals surface area contributed by atoms with Gasteiger partial charge in [-0.1, -0.05) is 55.4 Å². The number of anilines is 1. The maximum absolute atomic E-state index is 12.9. The van der Waals surface area contributed by atoms with E-state index < -0.39 is 35.6 Å². The second-order valence-electron chi connectivity index (χ2n) is 11.9. The Morgan fingerprint density at radius 3 is 2.28 bits per heavy atom. The van der Waals surface area contributed by atoms with Crippen LogP contribution in [0.2, 0.25) is 22.2 Å². The number of esters is 1. The lowest BCUT2D eigenvalue weighted by molar-refractivity contribution is -0.145. The molecule has 0 unspecified atom stereocenters. The number of rotatable bonds is 8. The van der Waals surface area contributed by atoms with E-state index in [0.29, 0.717) is 24.4 Å². The number of carbonyl (C=O) groups excluding carboxylic acids is 1. The van der Waals surface area contributed by atoms with E-state index in [0.717, 1.165) is 0 Å². The van der Waals surface area contributed by atoms with Crippen molar-refractivity contribution in [1.29, 1.82) is 0 Å². The summed E-state index contributed by atoms with van der Waals surface area (Å²) in [7, 11) is -5.66. The minimum atomic E-state index is -2.92. The van der Waals surface area contributed by atoms with Crippen molar-refractivity contribution in [3.63, 3.8) is 0 Å². The summed E-state index contributed by atoms with van der Waals surface area (Å²) in [5.74, 6) is -0.405. The van der Waals surface area contributed by atoms with Crippen molar-refractivity contribution in [2.45, 2.75) is 109 Å². The zero-order valence-corrected chi connectivity index (χ0v) is 26.7. The van der Waals surface area contributed by atoms with Crippen molar-refractivity contribution in [3.8, 4) is 0 Å². The van der Waals surface area contributed by atoms with E-state index in [1.165, 1.54) is 6.33 Å². The molecule has 0 spiro atoms. The maximum atomic E-state index is 12.9. The number of hydrogen-bond acceptors (Lipinski definition) is 10. The maximum Gasteiger partial charge on any atom is 0.335 e. The molecule has 218 valence electrons. The van der Waals surface area contributed by atoms with Crippen molar-refractivity contribution < 1.29 is 27.2 Å². The third-order valence-electron chi connectivity index (χ3n) is 8.17. The van der Waals surface area contributed by atoms with Crippen molar-refractivity contribution >= 4 is 40.1 Å². The zero-order valence-electron chi connectivity index (χ0n) is 24.7. The molecule has 13 heteroatoms. The summed E-state index contributed by atoms with van der Waals surface area (Å²) in [6.45, 7) is 19.9. The monoisotopic (exact) mass is 579 g/mol. The first-order valence-electron chi connectivity index (χ1n) is 14.1. The molecule has 2 aliphatic heterocycles. The average molecular weight is 580 g/mol. The molecule has 2 saturated heterocycles. The van der Waals surface area contributed by atoms with Gasteiger partial charge in [0.1, 0.15) is 24.2 Å². The van der Waals surface area contributed by atoms with Crippen LogP contribution in [0, 0.1) is 5.92 Å². The minimum absolute atomic E-state index is 0.109. The highest BCUT2D eigenvalue weighted by molar-refractivity contribution is 6.84. The first-order valence-corrected chi connectivity index (χ1v) is 18.1. The molecule has 0 aromatic carbocycles. The highest BCUT2D eigenvalue weighted by atomic mass is 28.5. The molecule has 4 heterocycles. The molecule has 39 heavy (non-hydrogen) atoms. The van der Waals surface area contributed by atoms with E-state index >= 15 is 0 Å². The van der Waals surface area contributed by atoms with Gasteiger partial charge in [-0.2, -0.15) is 0 Å². The lowest BCUT2D eigenvalue weighted by Crippen LogP contribution is -2.65. The van der Waals surface area contributed by atoms with Crippen LogP contribution in [0.5, 0.6) is 0 Å². The molecule has 0 bridgehead atoms. The van der Waals surface area contributed by atoms with Crippen molar-refractivity contribution in [3.05, 3.63) is 12.7 Å². The van der Waals surface area contributed by atoms with E-state index in [1.807, 2.05) is 4.57 Å². The molecule has 2 aromatic heterocycles. The summed E-state index contributed by atoms with van der Waals surface area (Å²) in [5.41, 5.74) is 7.82. The Labute approximate surface area is 233 Å². The predicted octanol–water partition coefficient (Wildman–Crippen LogP) is 4.83. The van der Waals surface area contributed by atoms with Crippen molar-refractivity contribution in [2.75, 3.05) is 18.9 Å². The van der Waals surface area contributed by atoms with Crippen LogP contribution in [0.25, 0.3) is 11.2 Å². The van der Waals surface area contributed by atoms with Crippen LogP contribution in [-0.4, -0.2) is 68.0 Å². The molecule has 0 amide bonds. The van der Waals surface area contributed by atoms with Crippen LogP contribution in [0.4, 0.5) is 5.82 Å². The van der Waals surface area contributed by atoms with Gasteiger partial charge in [0, 0.05) is 5.92 Å². The van der Waals surface area contributed by atoms with E-state index in [2.05, 4.69) is 70.3 Å². The van der Waals surface area contributed by atoms with Gasteiger partial charge < -0.3 is 28.2 Å². The minimum Gasteiger partial charge on any atom is -0.466 e. The molecular formula is C26H45N5O6Si2. The molecule has 2 fully saturated rings. The van der Waals surface area contributed by atoms with Gasteiger partial charge in [-0.25, -0.2) is 15.0 Å². The molecule has 0 radical (unpaired) electrons. The Kier molecular flexibility index (Phi) is 8.89. The summed E-state index contributed by atoms with van der Waals surface area (Å²) < 4.78 is 35.5. The second-order valence-corrected chi connectivity index (χ2v) is 20.7. The summed E-state index contributed by atoms with van der Waals surface area (Å²) in [6.07, 6.45) is 1.71. The van der Waals surface area contributed by atoms with E-state index in [-0.39, 0.29) is 46.3 Å². The molecule has 0 saturated carbocycles. The molecule has 2 N–H and O–H groups in total. The highest BCUT2D eigenvalue weighted by Crippen LogP contribution is 2.50. The second kappa shape index (κ2) is 11.5. The SMILES string of the molecule is CCOC(=O)C[C@H]1[C@@H]2O[Si](C(C)C)(C(C)C)O[Si](C(C)C)(C(C)C)OC[C@H]2O[C@H]1n1cnc2c(N)ncnc21. The normalized spacial score (nSPS) is 26.8. The largest absolute Gasteiger partial charge is 0.466 e. The Balaban J connectivity index is 1.84. The Morgan fingerprint density at radius 2 is 1.69 bits per heavy atom. The van der Waals surface area contributed by atoms with Crippen LogP contribution in [0.15, 0.2) is 12.7 Å². The van der Waals surface area contributed by atoms with Crippen LogP contribution < -0.4 is 5.73 Å². The Bertz CT molecular complexity index is 1140. The Hall–Kier alpha value is -1.91. The first kappa shape index (κ1) is 30.1. The van der Waals surface area contributed by atoms with Crippen molar-refractivity contribution in [1.82, 2.24) is 19.5 Å². The lowest BCUT2D eigenvalue weighted by atomic mass is 9.96. The smallest absolute Gasteiger partial charge is 0.335 e. The van der Waals surface area contributed by atoms with Gasteiger partial charge in [-0.15, -0.1) is 0 Å².